The molecule has 1 aromatic carbocycles. The summed E-state index contributed by atoms with van der Waals surface area (Å²) in [4.78, 5) is 19.2. The largest absolute Gasteiger partial charge is 0.433 e. The van der Waals surface area contributed by atoms with Crippen molar-refractivity contribution in [3.05, 3.63) is 53.3 Å². The molecule has 7 heteroatoms. The predicted octanol–water partition coefficient (Wildman–Crippen LogP) is 3.78. The highest BCUT2D eigenvalue weighted by atomic mass is 32.2. The van der Waals surface area contributed by atoms with Gasteiger partial charge in [0.05, 0.1) is 5.75 Å². The fourth-order valence-electron chi connectivity index (χ4n) is 1.59. The number of carbonyl (C=O) groups is 1. The Hall–Kier alpha value is -1.89. The monoisotopic (exact) mass is 312 g/mol. The predicted molar refractivity (Wildman–Crippen MR) is 73.3 cm³/mol. The third-order valence-electron chi connectivity index (χ3n) is 2.55. The Bertz CT molecular complexity index is 644. The van der Waals surface area contributed by atoms with E-state index in [1.54, 1.807) is 30.3 Å². The number of hydrogen-bond acceptors (Lipinski definition) is 4. The fraction of sp³-hybridized carbons (Fsp3) is 0.214. The van der Waals surface area contributed by atoms with Gasteiger partial charge in [0.2, 0.25) is 0 Å². The lowest BCUT2D eigenvalue weighted by Gasteiger charge is -2.08. The molecule has 0 fully saturated rings. The molecule has 0 aliphatic rings. The maximum Gasteiger partial charge on any atom is 0.433 e. The van der Waals surface area contributed by atoms with Gasteiger partial charge in [0, 0.05) is 11.3 Å². The number of aromatic nitrogens is 2. The molecular formula is C14H11F3N2OS. The Morgan fingerprint density at radius 3 is 2.48 bits per heavy atom. The van der Waals surface area contributed by atoms with Gasteiger partial charge in [0.25, 0.3) is 0 Å². The van der Waals surface area contributed by atoms with Gasteiger partial charge >= 0.3 is 6.18 Å². The van der Waals surface area contributed by atoms with Crippen molar-refractivity contribution in [3.8, 4) is 0 Å². The van der Waals surface area contributed by atoms with Gasteiger partial charge in [-0.25, -0.2) is 9.97 Å². The molecule has 2 aromatic rings. The van der Waals surface area contributed by atoms with Crippen molar-refractivity contribution in [3.63, 3.8) is 0 Å². The number of ketones is 1. The number of thioether (sulfide) groups is 1. The van der Waals surface area contributed by atoms with Crippen molar-refractivity contribution in [1.82, 2.24) is 9.97 Å². The number of Topliss-reactive ketones (excluding diaryl/α,β-unsaturated/α-hetero) is 1. The highest BCUT2D eigenvalue weighted by Gasteiger charge is 2.33. The minimum Gasteiger partial charge on any atom is -0.293 e. The van der Waals surface area contributed by atoms with Gasteiger partial charge < -0.3 is 0 Å². The summed E-state index contributed by atoms with van der Waals surface area (Å²) in [5.74, 6) is -0.190. The topological polar surface area (TPSA) is 42.9 Å². The van der Waals surface area contributed by atoms with Crippen LogP contribution in [0, 0.1) is 6.92 Å². The molecule has 3 nitrogen and oxygen atoms in total. The minimum atomic E-state index is -4.52. The van der Waals surface area contributed by atoms with E-state index in [-0.39, 0.29) is 22.4 Å². The van der Waals surface area contributed by atoms with Crippen molar-refractivity contribution in [2.45, 2.75) is 18.3 Å². The van der Waals surface area contributed by atoms with Crippen molar-refractivity contribution in [2.75, 3.05) is 5.75 Å². The molecule has 0 unspecified atom stereocenters. The van der Waals surface area contributed by atoms with Gasteiger partial charge in [0.1, 0.15) is 5.69 Å². The Morgan fingerprint density at radius 2 is 1.86 bits per heavy atom. The SMILES string of the molecule is Cc1cc(C(F)(F)F)nc(SCC(=O)c2ccccc2)n1. The van der Waals surface area contributed by atoms with E-state index in [0.29, 0.717) is 5.56 Å². The normalized spacial score (nSPS) is 11.4. The summed E-state index contributed by atoms with van der Waals surface area (Å²) in [6, 6.07) is 9.42. The molecule has 0 amide bonds. The van der Waals surface area contributed by atoms with Crippen molar-refractivity contribution in [1.29, 1.82) is 0 Å². The van der Waals surface area contributed by atoms with Crippen molar-refractivity contribution in [2.24, 2.45) is 0 Å². The second kappa shape index (κ2) is 6.26. The number of aryl methyl sites for hydroxylation is 1. The third kappa shape index (κ3) is 4.29. The van der Waals surface area contributed by atoms with Crippen LogP contribution in [0.15, 0.2) is 41.6 Å². The summed E-state index contributed by atoms with van der Waals surface area (Å²) >= 11 is 0.896. The fourth-order valence-corrected chi connectivity index (χ4v) is 2.39. The molecule has 1 aromatic heterocycles. The lowest BCUT2D eigenvalue weighted by molar-refractivity contribution is -0.141. The number of rotatable bonds is 4. The Labute approximate surface area is 123 Å². The van der Waals surface area contributed by atoms with Crippen LogP contribution >= 0.6 is 11.8 Å². The van der Waals surface area contributed by atoms with Crippen LogP contribution in [0.4, 0.5) is 13.2 Å². The maximum atomic E-state index is 12.6. The molecule has 0 bridgehead atoms. The summed E-state index contributed by atoms with van der Waals surface area (Å²) in [6.45, 7) is 1.46. The molecule has 21 heavy (non-hydrogen) atoms. The molecule has 0 atom stereocenters. The Balaban J connectivity index is 2.10. The highest BCUT2D eigenvalue weighted by molar-refractivity contribution is 7.99. The zero-order chi connectivity index (χ0) is 15.5. The average Bonchev–Trinajstić information content (AvgIpc) is 2.44. The molecule has 0 saturated heterocycles. The molecule has 0 aliphatic heterocycles. The van der Waals surface area contributed by atoms with Crippen LogP contribution in [0.2, 0.25) is 0 Å². The quantitative estimate of drug-likeness (QED) is 0.489. The lowest BCUT2D eigenvalue weighted by Crippen LogP contribution is -2.11. The smallest absolute Gasteiger partial charge is 0.293 e. The summed E-state index contributed by atoms with van der Waals surface area (Å²) in [5.41, 5.74) is -0.273. The lowest BCUT2D eigenvalue weighted by atomic mass is 10.2. The summed E-state index contributed by atoms with van der Waals surface area (Å²) < 4.78 is 37.9. The van der Waals surface area contributed by atoms with Crippen LogP contribution in [-0.4, -0.2) is 21.5 Å². The van der Waals surface area contributed by atoms with Gasteiger partial charge in [-0.05, 0) is 13.0 Å². The first kappa shape index (κ1) is 15.5. The molecule has 0 N–H and O–H groups in total. The van der Waals surface area contributed by atoms with Crippen LogP contribution in [0.1, 0.15) is 21.7 Å². The number of alkyl halides is 3. The maximum absolute atomic E-state index is 12.6. The zero-order valence-electron chi connectivity index (χ0n) is 11.0. The molecule has 1 heterocycles. The average molecular weight is 312 g/mol. The molecule has 0 aliphatic carbocycles. The first-order valence-corrected chi connectivity index (χ1v) is 6.99. The second-order valence-electron chi connectivity index (χ2n) is 4.25. The van der Waals surface area contributed by atoms with Gasteiger partial charge in [0.15, 0.2) is 10.9 Å². The number of carbonyl (C=O) groups excluding carboxylic acids is 1. The van der Waals surface area contributed by atoms with Crippen LogP contribution in [0.3, 0.4) is 0 Å². The van der Waals surface area contributed by atoms with Gasteiger partial charge in [-0.3, -0.25) is 4.79 Å². The van der Waals surface area contributed by atoms with Crippen molar-refractivity contribution < 1.29 is 18.0 Å². The molecule has 0 spiro atoms. The molecule has 110 valence electrons. The molecule has 0 radical (unpaired) electrons. The van der Waals surface area contributed by atoms with Crippen molar-refractivity contribution >= 4 is 17.5 Å². The third-order valence-corrected chi connectivity index (χ3v) is 3.40. The summed E-state index contributed by atoms with van der Waals surface area (Å²) in [5, 5.41) is -0.0494. The Kier molecular flexibility index (Phi) is 4.62. The van der Waals surface area contributed by atoms with Gasteiger partial charge in [-0.2, -0.15) is 13.2 Å². The molecular weight excluding hydrogens is 301 g/mol. The first-order chi connectivity index (χ1) is 9.86. The summed E-state index contributed by atoms with van der Waals surface area (Å²) in [7, 11) is 0. The van der Waals surface area contributed by atoms with E-state index in [0.717, 1.165) is 17.8 Å². The van der Waals surface area contributed by atoms with E-state index in [1.165, 1.54) is 6.92 Å². The van der Waals surface area contributed by atoms with E-state index in [2.05, 4.69) is 9.97 Å². The van der Waals surface area contributed by atoms with Gasteiger partial charge in [-0.1, -0.05) is 42.1 Å². The van der Waals surface area contributed by atoms with Crippen LogP contribution in [0.25, 0.3) is 0 Å². The van der Waals surface area contributed by atoms with E-state index in [9.17, 15) is 18.0 Å². The molecule has 0 saturated carbocycles. The van der Waals surface area contributed by atoms with E-state index < -0.39 is 11.9 Å². The number of benzene rings is 1. The van der Waals surface area contributed by atoms with E-state index in [4.69, 9.17) is 0 Å². The number of nitrogens with zero attached hydrogens (tertiary/aromatic N) is 2. The van der Waals surface area contributed by atoms with Crippen LogP contribution in [0.5, 0.6) is 0 Å². The van der Waals surface area contributed by atoms with E-state index in [1.807, 2.05) is 0 Å². The van der Waals surface area contributed by atoms with E-state index >= 15 is 0 Å². The second-order valence-corrected chi connectivity index (χ2v) is 5.20. The molecule has 2 rings (SSSR count). The number of halogens is 3. The zero-order valence-corrected chi connectivity index (χ0v) is 11.8. The standard InChI is InChI=1S/C14H11F3N2OS/c1-9-7-12(14(15,16)17)19-13(18-9)21-8-11(20)10-5-3-2-4-6-10/h2-7H,8H2,1H3. The number of hydrogen-bond donors (Lipinski definition) is 0. The van der Waals surface area contributed by atoms with Crippen LogP contribution in [-0.2, 0) is 6.18 Å². The van der Waals surface area contributed by atoms with Gasteiger partial charge in [-0.15, -0.1) is 0 Å². The Morgan fingerprint density at radius 1 is 1.19 bits per heavy atom. The first-order valence-electron chi connectivity index (χ1n) is 6.00. The summed E-state index contributed by atoms with van der Waals surface area (Å²) in [6.07, 6.45) is -4.52. The minimum absolute atomic E-state index is 0.00916. The van der Waals surface area contributed by atoms with Crippen LogP contribution < -0.4 is 0 Å². The highest BCUT2D eigenvalue weighted by Crippen LogP contribution is 2.29.